The summed E-state index contributed by atoms with van der Waals surface area (Å²) in [7, 11) is 0. The minimum Gasteiger partial charge on any atom is -0.321 e. The Morgan fingerprint density at radius 1 is 1.12 bits per heavy atom. The molecule has 0 saturated carbocycles. The van der Waals surface area contributed by atoms with Crippen LogP contribution in [0.3, 0.4) is 0 Å². The zero-order valence-electron chi connectivity index (χ0n) is 13.9. The van der Waals surface area contributed by atoms with Gasteiger partial charge in [-0.1, -0.05) is 54.2 Å². The van der Waals surface area contributed by atoms with Crippen LogP contribution in [0.1, 0.15) is 0 Å². The van der Waals surface area contributed by atoms with Crippen molar-refractivity contribution in [3.8, 4) is 0 Å². The highest BCUT2D eigenvalue weighted by Crippen LogP contribution is 2.26. The van der Waals surface area contributed by atoms with Crippen molar-refractivity contribution in [2.75, 3.05) is 16.1 Å². The number of pyridine rings is 1. The SMILES string of the molecule is N/N=C(/SCC(=O)Nc1ccccn1)N(N)c1cccc2ccccc12. The molecule has 0 aliphatic carbocycles. The van der Waals surface area contributed by atoms with Crippen LogP contribution in [0.25, 0.3) is 10.8 Å². The standard InChI is InChI=1S/C18H18N6OS/c19-23-18(26-12-17(25)22-16-10-3-4-11-21-16)24(20)15-9-5-7-13-6-1-2-8-14(13)15/h1-11H,12,19-20H2,(H,21,22,25)/b23-18+. The van der Waals surface area contributed by atoms with Gasteiger partial charge in [-0.2, -0.15) is 5.10 Å². The smallest absolute Gasteiger partial charge is 0.236 e. The lowest BCUT2D eigenvalue weighted by atomic mass is 10.1. The predicted molar refractivity (Wildman–Crippen MR) is 108 cm³/mol. The fourth-order valence-corrected chi connectivity index (χ4v) is 3.08. The molecule has 26 heavy (non-hydrogen) atoms. The molecule has 3 rings (SSSR count). The second kappa shape index (κ2) is 8.32. The number of thioether (sulfide) groups is 1. The van der Waals surface area contributed by atoms with E-state index >= 15 is 0 Å². The lowest BCUT2D eigenvalue weighted by Gasteiger charge is -2.21. The van der Waals surface area contributed by atoms with E-state index < -0.39 is 0 Å². The highest BCUT2D eigenvalue weighted by atomic mass is 32.2. The van der Waals surface area contributed by atoms with E-state index in [0.29, 0.717) is 11.0 Å². The van der Waals surface area contributed by atoms with Gasteiger partial charge in [0.2, 0.25) is 11.1 Å². The summed E-state index contributed by atoms with van der Waals surface area (Å²) in [6.07, 6.45) is 1.61. The summed E-state index contributed by atoms with van der Waals surface area (Å²) in [4.78, 5) is 16.1. The van der Waals surface area contributed by atoms with Gasteiger partial charge in [-0.15, -0.1) is 0 Å². The molecule has 3 aromatic rings. The summed E-state index contributed by atoms with van der Waals surface area (Å²) < 4.78 is 0. The first-order valence-electron chi connectivity index (χ1n) is 7.83. The molecular weight excluding hydrogens is 348 g/mol. The fraction of sp³-hybridized carbons (Fsp3) is 0.0556. The van der Waals surface area contributed by atoms with Gasteiger partial charge in [-0.25, -0.2) is 10.8 Å². The van der Waals surface area contributed by atoms with Gasteiger partial charge in [-0.05, 0) is 23.6 Å². The number of carbonyl (C=O) groups is 1. The molecule has 0 bridgehead atoms. The highest BCUT2D eigenvalue weighted by molar-refractivity contribution is 8.14. The Balaban J connectivity index is 1.69. The first-order valence-corrected chi connectivity index (χ1v) is 8.82. The molecule has 1 aromatic heterocycles. The normalized spacial score (nSPS) is 11.3. The van der Waals surface area contributed by atoms with Gasteiger partial charge in [0.1, 0.15) is 5.82 Å². The predicted octanol–water partition coefficient (Wildman–Crippen LogP) is 2.52. The topological polar surface area (TPSA) is 110 Å². The minimum atomic E-state index is -0.221. The van der Waals surface area contributed by atoms with E-state index in [2.05, 4.69) is 15.4 Å². The Bertz CT molecular complexity index is 926. The molecule has 0 spiro atoms. The van der Waals surface area contributed by atoms with Crippen LogP contribution >= 0.6 is 11.8 Å². The molecule has 0 aliphatic rings. The first-order chi connectivity index (χ1) is 12.7. The van der Waals surface area contributed by atoms with Crippen LogP contribution in [0.5, 0.6) is 0 Å². The number of amidine groups is 1. The van der Waals surface area contributed by atoms with Crippen LogP contribution in [0.2, 0.25) is 0 Å². The average Bonchev–Trinajstić information content (AvgIpc) is 2.68. The summed E-state index contributed by atoms with van der Waals surface area (Å²) in [5, 5.41) is 10.2. The van der Waals surface area contributed by atoms with E-state index in [9.17, 15) is 4.79 Å². The first kappa shape index (κ1) is 17.7. The molecule has 132 valence electrons. The molecular formula is C18H18N6OS. The lowest BCUT2D eigenvalue weighted by molar-refractivity contribution is -0.113. The second-order valence-electron chi connectivity index (χ2n) is 5.33. The Labute approximate surface area is 155 Å². The molecule has 1 heterocycles. The van der Waals surface area contributed by atoms with E-state index in [1.165, 1.54) is 5.01 Å². The zero-order valence-corrected chi connectivity index (χ0v) is 14.7. The number of nitrogens with two attached hydrogens (primary N) is 2. The number of nitrogens with zero attached hydrogens (tertiary/aromatic N) is 3. The van der Waals surface area contributed by atoms with Gasteiger partial charge in [0.25, 0.3) is 0 Å². The maximum atomic E-state index is 12.1. The van der Waals surface area contributed by atoms with Crippen molar-refractivity contribution in [1.82, 2.24) is 4.98 Å². The van der Waals surface area contributed by atoms with Gasteiger partial charge in [0, 0.05) is 11.6 Å². The number of carbonyl (C=O) groups excluding carboxylic acids is 1. The van der Waals surface area contributed by atoms with E-state index in [-0.39, 0.29) is 11.7 Å². The van der Waals surface area contributed by atoms with Crippen molar-refractivity contribution in [2.45, 2.75) is 0 Å². The van der Waals surface area contributed by atoms with Crippen molar-refractivity contribution >= 4 is 45.1 Å². The van der Waals surface area contributed by atoms with Crippen LogP contribution in [0.4, 0.5) is 11.5 Å². The van der Waals surface area contributed by atoms with Gasteiger partial charge in [-0.3, -0.25) is 9.80 Å². The number of amides is 1. The Morgan fingerprint density at radius 2 is 1.88 bits per heavy atom. The van der Waals surface area contributed by atoms with E-state index in [1.54, 1.807) is 24.4 Å². The molecule has 0 unspecified atom stereocenters. The lowest BCUT2D eigenvalue weighted by Crippen LogP contribution is -2.37. The molecule has 0 fully saturated rings. The number of nitrogens with one attached hydrogen (secondary N) is 1. The quantitative estimate of drug-likeness (QED) is 0.283. The summed E-state index contributed by atoms with van der Waals surface area (Å²) in [6.45, 7) is 0. The number of fused-ring (bicyclic) bond motifs is 1. The number of hydrazine groups is 1. The number of aromatic nitrogens is 1. The third kappa shape index (κ3) is 4.11. The van der Waals surface area contributed by atoms with Crippen LogP contribution in [0, 0.1) is 0 Å². The number of benzene rings is 2. The average molecular weight is 366 g/mol. The van der Waals surface area contributed by atoms with Crippen molar-refractivity contribution in [2.24, 2.45) is 16.8 Å². The molecule has 8 heteroatoms. The number of hydrogen-bond donors (Lipinski definition) is 3. The monoisotopic (exact) mass is 366 g/mol. The Hall–Kier alpha value is -3.10. The largest absolute Gasteiger partial charge is 0.321 e. The molecule has 0 radical (unpaired) electrons. The van der Waals surface area contributed by atoms with Crippen molar-refractivity contribution in [3.05, 3.63) is 66.9 Å². The summed E-state index contributed by atoms with van der Waals surface area (Å²) in [5.41, 5.74) is 0.755. The molecule has 2 aromatic carbocycles. The van der Waals surface area contributed by atoms with Gasteiger partial charge < -0.3 is 11.2 Å². The van der Waals surface area contributed by atoms with Crippen molar-refractivity contribution in [1.29, 1.82) is 0 Å². The van der Waals surface area contributed by atoms with Gasteiger partial charge in [0.15, 0.2) is 0 Å². The molecule has 0 aliphatic heterocycles. The van der Waals surface area contributed by atoms with Crippen LogP contribution < -0.4 is 22.0 Å². The molecule has 1 amide bonds. The Kier molecular flexibility index (Phi) is 5.67. The van der Waals surface area contributed by atoms with Crippen LogP contribution in [0.15, 0.2) is 72.0 Å². The van der Waals surface area contributed by atoms with Crippen molar-refractivity contribution < 1.29 is 4.79 Å². The molecule has 0 atom stereocenters. The van der Waals surface area contributed by atoms with Gasteiger partial charge in [0.05, 0.1) is 11.4 Å². The second-order valence-corrected chi connectivity index (χ2v) is 6.27. The van der Waals surface area contributed by atoms with E-state index in [4.69, 9.17) is 11.7 Å². The van der Waals surface area contributed by atoms with Crippen molar-refractivity contribution in [3.63, 3.8) is 0 Å². The number of hydrogen-bond acceptors (Lipinski definition) is 6. The summed E-state index contributed by atoms with van der Waals surface area (Å²) in [6, 6.07) is 18.9. The van der Waals surface area contributed by atoms with Crippen LogP contribution in [-0.2, 0) is 4.79 Å². The molecule has 5 N–H and O–H groups in total. The highest BCUT2D eigenvalue weighted by Gasteiger charge is 2.15. The maximum Gasteiger partial charge on any atom is 0.236 e. The fourth-order valence-electron chi connectivity index (χ4n) is 2.44. The molecule has 7 nitrogen and oxygen atoms in total. The summed E-state index contributed by atoms with van der Waals surface area (Å²) >= 11 is 1.15. The third-order valence-electron chi connectivity index (χ3n) is 3.61. The number of anilines is 2. The minimum absolute atomic E-state index is 0.102. The third-order valence-corrected chi connectivity index (χ3v) is 4.57. The van der Waals surface area contributed by atoms with E-state index in [1.807, 2.05) is 42.5 Å². The number of rotatable bonds is 4. The van der Waals surface area contributed by atoms with Gasteiger partial charge >= 0.3 is 0 Å². The zero-order chi connectivity index (χ0) is 18.4. The number of hydrazone groups is 1. The summed E-state index contributed by atoms with van der Waals surface area (Å²) in [5.74, 6) is 12.1. The maximum absolute atomic E-state index is 12.1. The van der Waals surface area contributed by atoms with E-state index in [0.717, 1.165) is 28.2 Å². The van der Waals surface area contributed by atoms with Crippen LogP contribution in [-0.4, -0.2) is 21.8 Å². The Morgan fingerprint density at radius 3 is 2.65 bits per heavy atom. The molecule has 0 saturated heterocycles.